The summed E-state index contributed by atoms with van der Waals surface area (Å²) in [5, 5.41) is 0. The van der Waals surface area contributed by atoms with Gasteiger partial charge in [0.15, 0.2) is 5.82 Å². The van der Waals surface area contributed by atoms with Crippen molar-refractivity contribution >= 4 is 11.9 Å². The molecule has 3 rings (SSSR count). The summed E-state index contributed by atoms with van der Waals surface area (Å²) in [4.78, 5) is 31.9. The van der Waals surface area contributed by atoms with Crippen molar-refractivity contribution in [3.63, 3.8) is 0 Å². The molecule has 7 heteroatoms. The van der Waals surface area contributed by atoms with Crippen molar-refractivity contribution in [2.75, 3.05) is 11.4 Å². The summed E-state index contributed by atoms with van der Waals surface area (Å²) in [6.07, 6.45) is 1.85. The lowest BCUT2D eigenvalue weighted by molar-refractivity contribution is 0.0994. The highest BCUT2D eigenvalue weighted by molar-refractivity contribution is 5.90. The third kappa shape index (κ3) is 2.81. The summed E-state index contributed by atoms with van der Waals surface area (Å²) in [6, 6.07) is 3.56. The molecule has 1 atom stereocenters. The molecule has 2 aromatic heterocycles. The molecule has 1 aliphatic heterocycles. The maximum Gasteiger partial charge on any atom is 0.267 e. The molecule has 2 aromatic rings. The largest absolute Gasteiger partial charge is 0.364 e. The van der Waals surface area contributed by atoms with Gasteiger partial charge in [0.05, 0.1) is 0 Å². The van der Waals surface area contributed by atoms with Crippen LogP contribution in [0, 0.1) is 20.8 Å². The summed E-state index contributed by atoms with van der Waals surface area (Å²) in [5.74, 6) is 0.729. The van der Waals surface area contributed by atoms with E-state index < -0.39 is 11.4 Å². The number of nitrogens with two attached hydrogens (primary N) is 1. The first-order valence-electron chi connectivity index (χ1n) is 8.05. The Morgan fingerprint density at radius 1 is 1.08 bits per heavy atom. The second-order valence-corrected chi connectivity index (χ2v) is 6.56. The number of amides is 1. The Morgan fingerprint density at radius 2 is 1.71 bits per heavy atom. The number of rotatable bonds is 3. The van der Waals surface area contributed by atoms with Crippen LogP contribution in [-0.2, 0) is 5.54 Å². The van der Waals surface area contributed by atoms with Crippen LogP contribution in [0.4, 0.5) is 5.95 Å². The molecule has 0 radical (unpaired) electrons. The first kappa shape index (κ1) is 16.3. The van der Waals surface area contributed by atoms with Gasteiger partial charge >= 0.3 is 0 Å². The van der Waals surface area contributed by atoms with E-state index in [1.54, 1.807) is 6.07 Å². The molecule has 1 amide bonds. The minimum absolute atomic E-state index is 0.243. The highest BCUT2D eigenvalue weighted by atomic mass is 16.1. The number of hydrogen-bond acceptors (Lipinski definition) is 6. The van der Waals surface area contributed by atoms with Gasteiger partial charge < -0.3 is 10.6 Å². The molecule has 1 saturated heterocycles. The van der Waals surface area contributed by atoms with Crippen LogP contribution in [0.1, 0.15) is 53.2 Å². The number of aromatic nitrogens is 4. The lowest BCUT2D eigenvalue weighted by Crippen LogP contribution is -2.42. The number of hydrogen-bond donors (Lipinski definition) is 1. The summed E-state index contributed by atoms with van der Waals surface area (Å²) < 4.78 is 0. The van der Waals surface area contributed by atoms with Crippen LogP contribution in [0.15, 0.2) is 12.1 Å². The van der Waals surface area contributed by atoms with Crippen LogP contribution < -0.4 is 10.6 Å². The highest BCUT2D eigenvalue weighted by Gasteiger charge is 2.42. The van der Waals surface area contributed by atoms with Gasteiger partial charge in [-0.05, 0) is 52.7 Å². The third-order valence-corrected chi connectivity index (χ3v) is 4.44. The minimum atomic E-state index is -0.544. The average Bonchev–Trinajstić information content (AvgIpc) is 2.89. The number of aryl methyl sites for hydroxylation is 3. The Morgan fingerprint density at radius 3 is 2.33 bits per heavy atom. The van der Waals surface area contributed by atoms with Crippen molar-refractivity contribution < 1.29 is 4.79 Å². The molecule has 0 aromatic carbocycles. The fourth-order valence-electron chi connectivity index (χ4n) is 3.28. The molecular formula is C17H22N6O. The Kier molecular flexibility index (Phi) is 3.95. The van der Waals surface area contributed by atoms with Gasteiger partial charge in [0.25, 0.3) is 5.91 Å². The van der Waals surface area contributed by atoms with E-state index in [4.69, 9.17) is 5.73 Å². The topological polar surface area (TPSA) is 97.9 Å². The van der Waals surface area contributed by atoms with Crippen molar-refractivity contribution in [2.45, 2.75) is 46.1 Å². The Labute approximate surface area is 141 Å². The molecule has 24 heavy (non-hydrogen) atoms. The van der Waals surface area contributed by atoms with Gasteiger partial charge in [0.1, 0.15) is 11.2 Å². The molecule has 3 heterocycles. The molecule has 0 aliphatic carbocycles. The molecule has 126 valence electrons. The maximum absolute atomic E-state index is 11.6. The smallest absolute Gasteiger partial charge is 0.267 e. The van der Waals surface area contributed by atoms with Crippen molar-refractivity contribution in [2.24, 2.45) is 5.73 Å². The van der Waals surface area contributed by atoms with E-state index in [0.29, 0.717) is 11.8 Å². The van der Waals surface area contributed by atoms with Crippen molar-refractivity contribution in [1.29, 1.82) is 0 Å². The van der Waals surface area contributed by atoms with Crippen molar-refractivity contribution in [1.82, 2.24) is 19.9 Å². The predicted octanol–water partition coefficient (Wildman–Crippen LogP) is 1.81. The number of anilines is 1. The summed E-state index contributed by atoms with van der Waals surface area (Å²) in [7, 11) is 0. The second kappa shape index (κ2) is 5.81. The molecule has 0 unspecified atom stereocenters. The highest BCUT2D eigenvalue weighted by Crippen LogP contribution is 2.39. The Bertz CT molecular complexity index is 785. The van der Waals surface area contributed by atoms with Crippen LogP contribution in [0.25, 0.3) is 0 Å². The number of carbonyl (C=O) groups is 1. The zero-order valence-electron chi connectivity index (χ0n) is 14.5. The van der Waals surface area contributed by atoms with Gasteiger partial charge in [0, 0.05) is 23.6 Å². The molecule has 0 bridgehead atoms. The van der Waals surface area contributed by atoms with Gasteiger partial charge in [-0.25, -0.2) is 19.9 Å². The van der Waals surface area contributed by atoms with Crippen molar-refractivity contribution in [3.05, 3.63) is 40.7 Å². The summed E-state index contributed by atoms with van der Waals surface area (Å²) in [6.45, 7) is 8.65. The zero-order chi connectivity index (χ0) is 17.5. The molecule has 7 nitrogen and oxygen atoms in total. The first-order valence-corrected chi connectivity index (χ1v) is 8.05. The number of primary amides is 1. The monoisotopic (exact) mass is 326 g/mol. The van der Waals surface area contributed by atoms with Crippen LogP contribution >= 0.6 is 0 Å². The standard InChI is InChI=1S/C17H22N6O/c1-10-8-11(2)21-16(20-10)23-7-5-6-17(23,4)15-19-12(3)9-13(22-15)14(18)24/h8-9H,5-7H2,1-4H3,(H2,18,24)/t17-/m0/s1. The quantitative estimate of drug-likeness (QED) is 0.923. The molecular weight excluding hydrogens is 304 g/mol. The van der Waals surface area contributed by atoms with E-state index in [2.05, 4.69) is 31.8 Å². The number of carbonyl (C=O) groups excluding carboxylic acids is 1. The predicted molar refractivity (Wildman–Crippen MR) is 90.7 cm³/mol. The van der Waals surface area contributed by atoms with Gasteiger partial charge in [-0.2, -0.15) is 0 Å². The van der Waals surface area contributed by atoms with E-state index in [-0.39, 0.29) is 5.69 Å². The van der Waals surface area contributed by atoms with E-state index in [0.717, 1.165) is 36.5 Å². The van der Waals surface area contributed by atoms with Gasteiger partial charge in [-0.1, -0.05) is 0 Å². The van der Waals surface area contributed by atoms with Crippen LogP contribution in [-0.4, -0.2) is 32.4 Å². The zero-order valence-corrected chi connectivity index (χ0v) is 14.5. The lowest BCUT2D eigenvalue weighted by atomic mass is 9.97. The molecule has 1 fully saturated rings. The minimum Gasteiger partial charge on any atom is -0.364 e. The van der Waals surface area contributed by atoms with E-state index in [1.165, 1.54) is 0 Å². The fourth-order valence-corrected chi connectivity index (χ4v) is 3.28. The normalized spacial score (nSPS) is 20.4. The lowest BCUT2D eigenvalue weighted by Gasteiger charge is -2.34. The van der Waals surface area contributed by atoms with Crippen molar-refractivity contribution in [3.8, 4) is 0 Å². The van der Waals surface area contributed by atoms with Gasteiger partial charge in [-0.15, -0.1) is 0 Å². The van der Waals surface area contributed by atoms with Crippen LogP contribution in [0.2, 0.25) is 0 Å². The number of nitrogens with zero attached hydrogens (tertiary/aromatic N) is 5. The molecule has 0 spiro atoms. The van der Waals surface area contributed by atoms with E-state index >= 15 is 0 Å². The van der Waals surface area contributed by atoms with Crippen LogP contribution in [0.3, 0.4) is 0 Å². The second-order valence-electron chi connectivity index (χ2n) is 6.56. The van der Waals surface area contributed by atoms with E-state index in [1.807, 2.05) is 26.8 Å². The SMILES string of the molecule is Cc1cc(C)nc(N2CCC[C@@]2(C)c2nc(C)cc(C(N)=O)n2)n1. The first-order chi connectivity index (χ1) is 11.3. The molecule has 2 N–H and O–H groups in total. The molecule has 1 aliphatic rings. The summed E-state index contributed by atoms with van der Waals surface area (Å²) >= 11 is 0. The van der Waals surface area contributed by atoms with Gasteiger partial charge in [0.2, 0.25) is 5.95 Å². The average molecular weight is 326 g/mol. The Hall–Kier alpha value is -2.57. The maximum atomic E-state index is 11.6. The van der Waals surface area contributed by atoms with E-state index in [9.17, 15) is 4.79 Å². The summed E-state index contributed by atoms with van der Waals surface area (Å²) in [5.41, 5.74) is 7.77. The Balaban J connectivity index is 2.09. The molecule has 0 saturated carbocycles. The van der Waals surface area contributed by atoms with Gasteiger partial charge in [-0.3, -0.25) is 4.79 Å². The van der Waals surface area contributed by atoms with Crippen LogP contribution in [0.5, 0.6) is 0 Å². The third-order valence-electron chi connectivity index (χ3n) is 4.44. The fraction of sp³-hybridized carbons (Fsp3) is 0.471.